The Balaban J connectivity index is 1.57. The van der Waals surface area contributed by atoms with Gasteiger partial charge < -0.3 is 15.2 Å². The second-order valence-electron chi connectivity index (χ2n) is 6.43. The van der Waals surface area contributed by atoms with Crippen molar-refractivity contribution in [3.63, 3.8) is 0 Å². The van der Waals surface area contributed by atoms with Gasteiger partial charge in [-0.2, -0.15) is 0 Å². The number of carboxylic acids is 1. The highest BCUT2D eigenvalue weighted by Crippen LogP contribution is 2.26. The summed E-state index contributed by atoms with van der Waals surface area (Å²) in [6.45, 7) is 2.71. The van der Waals surface area contributed by atoms with E-state index < -0.39 is 5.97 Å². The SMILES string of the molecule is O=C(O)C(CNCc1cccc2c1CCC2)C1CCOCC1. The Morgan fingerprint density at radius 3 is 2.91 bits per heavy atom. The van der Waals surface area contributed by atoms with Crippen LogP contribution in [0.2, 0.25) is 0 Å². The van der Waals surface area contributed by atoms with Gasteiger partial charge in [-0.15, -0.1) is 0 Å². The highest BCUT2D eigenvalue weighted by Gasteiger charge is 2.29. The lowest BCUT2D eigenvalue weighted by Crippen LogP contribution is -2.36. The summed E-state index contributed by atoms with van der Waals surface area (Å²) in [5.41, 5.74) is 4.29. The zero-order chi connectivity index (χ0) is 15.4. The minimum atomic E-state index is -0.683. The van der Waals surface area contributed by atoms with Crippen molar-refractivity contribution in [3.05, 3.63) is 34.9 Å². The van der Waals surface area contributed by atoms with Gasteiger partial charge in [-0.05, 0) is 54.7 Å². The van der Waals surface area contributed by atoms with Gasteiger partial charge in [0.05, 0.1) is 5.92 Å². The van der Waals surface area contributed by atoms with Crippen LogP contribution in [0.4, 0.5) is 0 Å². The van der Waals surface area contributed by atoms with Crippen LogP contribution in [-0.2, 0) is 28.9 Å². The van der Waals surface area contributed by atoms with E-state index in [9.17, 15) is 9.90 Å². The molecule has 4 nitrogen and oxygen atoms in total. The van der Waals surface area contributed by atoms with E-state index in [1.54, 1.807) is 0 Å². The summed E-state index contributed by atoms with van der Waals surface area (Å²) < 4.78 is 5.34. The Labute approximate surface area is 131 Å². The molecule has 1 atom stereocenters. The zero-order valence-electron chi connectivity index (χ0n) is 13.0. The Kier molecular flexibility index (Phi) is 5.11. The minimum absolute atomic E-state index is 0.236. The number of carbonyl (C=O) groups is 1. The summed E-state index contributed by atoms with van der Waals surface area (Å²) >= 11 is 0. The van der Waals surface area contributed by atoms with Crippen LogP contribution in [0.3, 0.4) is 0 Å². The molecule has 1 aromatic rings. The monoisotopic (exact) mass is 303 g/mol. The van der Waals surface area contributed by atoms with E-state index in [1.807, 2.05) is 0 Å². The normalized spacial score (nSPS) is 19.8. The van der Waals surface area contributed by atoms with Crippen molar-refractivity contribution in [1.29, 1.82) is 0 Å². The lowest BCUT2D eigenvalue weighted by Gasteiger charge is -2.27. The number of rotatable bonds is 6. The fourth-order valence-electron chi connectivity index (χ4n) is 3.80. The van der Waals surface area contributed by atoms with E-state index in [1.165, 1.54) is 29.5 Å². The highest BCUT2D eigenvalue weighted by atomic mass is 16.5. The Bertz CT molecular complexity index is 523. The number of aryl methyl sites for hydroxylation is 1. The van der Waals surface area contributed by atoms with Crippen LogP contribution >= 0.6 is 0 Å². The third-order valence-electron chi connectivity index (χ3n) is 5.07. The molecule has 1 saturated heterocycles. The summed E-state index contributed by atoms with van der Waals surface area (Å²) in [5.74, 6) is -0.751. The molecule has 0 aromatic heterocycles. The van der Waals surface area contributed by atoms with Crippen molar-refractivity contribution in [2.45, 2.75) is 38.6 Å². The quantitative estimate of drug-likeness (QED) is 0.847. The van der Waals surface area contributed by atoms with E-state index in [2.05, 4.69) is 23.5 Å². The summed E-state index contributed by atoms with van der Waals surface area (Å²) in [4.78, 5) is 11.5. The molecule has 1 heterocycles. The fraction of sp³-hybridized carbons (Fsp3) is 0.611. The molecule has 1 fully saturated rings. The minimum Gasteiger partial charge on any atom is -0.481 e. The van der Waals surface area contributed by atoms with E-state index in [0.29, 0.717) is 19.8 Å². The van der Waals surface area contributed by atoms with Crippen molar-refractivity contribution in [1.82, 2.24) is 5.32 Å². The van der Waals surface area contributed by atoms with Gasteiger partial charge in [-0.3, -0.25) is 4.79 Å². The predicted molar refractivity (Wildman–Crippen MR) is 84.8 cm³/mol. The van der Waals surface area contributed by atoms with E-state index in [4.69, 9.17) is 4.74 Å². The summed E-state index contributed by atoms with van der Waals surface area (Å²) in [5, 5.41) is 12.9. The summed E-state index contributed by atoms with van der Waals surface area (Å²) in [6.07, 6.45) is 5.31. The first-order valence-corrected chi connectivity index (χ1v) is 8.36. The lowest BCUT2D eigenvalue weighted by molar-refractivity contribution is -0.144. The number of carboxylic acid groups (broad SMARTS) is 1. The largest absolute Gasteiger partial charge is 0.481 e. The number of fused-ring (bicyclic) bond motifs is 1. The Morgan fingerprint density at radius 1 is 1.32 bits per heavy atom. The van der Waals surface area contributed by atoms with Gasteiger partial charge in [0, 0.05) is 26.3 Å². The molecule has 2 aliphatic rings. The van der Waals surface area contributed by atoms with Gasteiger partial charge in [-0.25, -0.2) is 0 Å². The van der Waals surface area contributed by atoms with Crippen molar-refractivity contribution in [2.75, 3.05) is 19.8 Å². The van der Waals surface area contributed by atoms with Crippen LogP contribution in [0.15, 0.2) is 18.2 Å². The highest BCUT2D eigenvalue weighted by molar-refractivity contribution is 5.70. The number of benzene rings is 1. The third-order valence-corrected chi connectivity index (χ3v) is 5.07. The molecule has 0 bridgehead atoms. The first-order valence-electron chi connectivity index (χ1n) is 8.36. The number of aliphatic carboxylic acids is 1. The van der Waals surface area contributed by atoms with Gasteiger partial charge in [0.15, 0.2) is 0 Å². The van der Waals surface area contributed by atoms with Gasteiger partial charge in [0.25, 0.3) is 0 Å². The molecule has 3 rings (SSSR count). The maximum absolute atomic E-state index is 11.5. The van der Waals surface area contributed by atoms with Gasteiger partial charge in [0.2, 0.25) is 0 Å². The maximum atomic E-state index is 11.5. The van der Waals surface area contributed by atoms with Crippen molar-refractivity contribution in [3.8, 4) is 0 Å². The molecule has 0 spiro atoms. The Morgan fingerprint density at radius 2 is 2.14 bits per heavy atom. The molecule has 4 heteroatoms. The maximum Gasteiger partial charge on any atom is 0.308 e. The molecule has 0 amide bonds. The predicted octanol–water partition coefficient (Wildman–Crippen LogP) is 2.39. The van der Waals surface area contributed by atoms with Crippen LogP contribution in [0.5, 0.6) is 0 Å². The van der Waals surface area contributed by atoms with Crippen LogP contribution < -0.4 is 5.32 Å². The average Bonchev–Trinajstić information content (AvgIpc) is 3.01. The van der Waals surface area contributed by atoms with Gasteiger partial charge in [-0.1, -0.05) is 18.2 Å². The Hall–Kier alpha value is -1.39. The number of ether oxygens (including phenoxy) is 1. The molecule has 1 aromatic carbocycles. The van der Waals surface area contributed by atoms with Crippen molar-refractivity contribution >= 4 is 5.97 Å². The number of hydrogen-bond donors (Lipinski definition) is 2. The standard InChI is InChI=1S/C18H25NO3/c20-18(21)17(14-7-9-22-10-8-14)12-19-11-15-5-1-3-13-4-2-6-16(13)15/h1,3,5,14,17,19H,2,4,6-12H2,(H,20,21). The van der Waals surface area contributed by atoms with Crippen LogP contribution in [-0.4, -0.2) is 30.8 Å². The second kappa shape index (κ2) is 7.25. The van der Waals surface area contributed by atoms with Crippen LogP contribution in [0.25, 0.3) is 0 Å². The van der Waals surface area contributed by atoms with Gasteiger partial charge >= 0.3 is 5.97 Å². The topological polar surface area (TPSA) is 58.6 Å². The third kappa shape index (κ3) is 3.50. The fourth-order valence-corrected chi connectivity index (χ4v) is 3.80. The first kappa shape index (κ1) is 15.5. The zero-order valence-corrected chi connectivity index (χ0v) is 13.0. The van der Waals surface area contributed by atoms with E-state index >= 15 is 0 Å². The van der Waals surface area contributed by atoms with Crippen LogP contribution in [0.1, 0.15) is 36.0 Å². The molecule has 0 saturated carbocycles. The average molecular weight is 303 g/mol. The van der Waals surface area contributed by atoms with Gasteiger partial charge in [0.1, 0.15) is 0 Å². The lowest BCUT2D eigenvalue weighted by atomic mass is 9.86. The number of hydrogen-bond acceptors (Lipinski definition) is 3. The smallest absolute Gasteiger partial charge is 0.308 e. The molecule has 2 N–H and O–H groups in total. The van der Waals surface area contributed by atoms with Crippen molar-refractivity contribution < 1.29 is 14.6 Å². The molecule has 1 aliphatic heterocycles. The van der Waals surface area contributed by atoms with E-state index in [0.717, 1.165) is 25.8 Å². The molecule has 0 radical (unpaired) electrons. The summed E-state index contributed by atoms with van der Waals surface area (Å²) in [7, 11) is 0. The molecule has 120 valence electrons. The molecule has 22 heavy (non-hydrogen) atoms. The second-order valence-corrected chi connectivity index (χ2v) is 6.43. The molecular weight excluding hydrogens is 278 g/mol. The van der Waals surface area contributed by atoms with E-state index in [-0.39, 0.29) is 11.8 Å². The first-order chi connectivity index (χ1) is 10.8. The van der Waals surface area contributed by atoms with Crippen molar-refractivity contribution in [2.24, 2.45) is 11.8 Å². The molecule has 1 unspecified atom stereocenters. The number of nitrogens with one attached hydrogen (secondary N) is 1. The van der Waals surface area contributed by atoms with Crippen LogP contribution in [0, 0.1) is 11.8 Å². The molecular formula is C18H25NO3. The molecule has 1 aliphatic carbocycles. The summed E-state index contributed by atoms with van der Waals surface area (Å²) in [6, 6.07) is 6.50.